The van der Waals surface area contributed by atoms with Crippen LogP contribution in [0.4, 0.5) is 15.0 Å². The summed E-state index contributed by atoms with van der Waals surface area (Å²) < 4.78 is 18.9. The molecule has 108 valence electrons. The van der Waals surface area contributed by atoms with Crippen LogP contribution in [-0.2, 0) is 6.54 Å². The fraction of sp³-hybridized carbons (Fsp3) is 0.200. The van der Waals surface area contributed by atoms with E-state index in [-0.39, 0.29) is 11.8 Å². The Morgan fingerprint density at radius 2 is 2.29 bits per heavy atom. The highest BCUT2D eigenvalue weighted by molar-refractivity contribution is 5.91. The number of hydrogen-bond acceptors (Lipinski definition) is 3. The summed E-state index contributed by atoms with van der Waals surface area (Å²) in [5.41, 5.74) is 0.781. The predicted octanol–water partition coefficient (Wildman–Crippen LogP) is 3.38. The van der Waals surface area contributed by atoms with Crippen LogP contribution < -0.4 is 10.1 Å². The Hall–Kier alpha value is -2.63. The minimum Gasteiger partial charge on any atom is -0.457 e. The van der Waals surface area contributed by atoms with E-state index in [0.29, 0.717) is 30.4 Å². The Balaban J connectivity index is 1.94. The molecule has 0 unspecified atom stereocenters. The number of hydrogen-bond donors (Lipinski definition) is 1. The third kappa shape index (κ3) is 2.65. The van der Waals surface area contributed by atoms with Crippen molar-refractivity contribution in [1.82, 2.24) is 9.88 Å². The first kappa shape index (κ1) is 13.4. The summed E-state index contributed by atoms with van der Waals surface area (Å²) in [5.74, 6) is 1.09. The lowest BCUT2D eigenvalue weighted by atomic mass is 10.2. The van der Waals surface area contributed by atoms with Crippen molar-refractivity contribution in [3.8, 4) is 11.5 Å². The lowest BCUT2D eigenvalue weighted by molar-refractivity contribution is 0.209. The lowest BCUT2D eigenvalue weighted by Crippen LogP contribution is -2.38. The molecule has 0 saturated carbocycles. The number of pyridine rings is 1. The molecular weight excluding hydrogens is 273 g/mol. The molecule has 0 bridgehead atoms. The quantitative estimate of drug-likeness (QED) is 0.941. The van der Waals surface area contributed by atoms with Gasteiger partial charge in [-0.25, -0.2) is 14.2 Å². The lowest BCUT2D eigenvalue weighted by Gasteiger charge is -2.28. The number of carbonyl (C=O) groups is 1. The summed E-state index contributed by atoms with van der Waals surface area (Å²) in [6.07, 6.45) is 1.55. The first-order valence-electron chi connectivity index (χ1n) is 6.64. The number of benzene rings is 1. The molecule has 2 aromatic rings. The Kier molecular flexibility index (Phi) is 3.43. The minimum atomic E-state index is -0.362. The third-order valence-electron chi connectivity index (χ3n) is 3.28. The highest BCUT2D eigenvalue weighted by Crippen LogP contribution is 2.32. The topological polar surface area (TPSA) is 54.5 Å². The van der Waals surface area contributed by atoms with E-state index in [1.807, 2.05) is 6.92 Å². The summed E-state index contributed by atoms with van der Waals surface area (Å²) in [6, 6.07) is 7.45. The maximum absolute atomic E-state index is 13.2. The van der Waals surface area contributed by atoms with Crippen molar-refractivity contribution < 1.29 is 13.9 Å². The molecule has 1 aromatic carbocycles. The minimum absolute atomic E-state index is 0.180. The number of anilines is 1. The summed E-state index contributed by atoms with van der Waals surface area (Å²) in [7, 11) is 0. The Bertz CT molecular complexity index is 690. The second-order valence-corrected chi connectivity index (χ2v) is 4.64. The van der Waals surface area contributed by atoms with Crippen molar-refractivity contribution in [2.45, 2.75) is 13.5 Å². The number of aromatic nitrogens is 1. The van der Waals surface area contributed by atoms with Crippen LogP contribution in [0.25, 0.3) is 0 Å². The van der Waals surface area contributed by atoms with Gasteiger partial charge in [0.1, 0.15) is 23.1 Å². The Labute approximate surface area is 121 Å². The molecule has 0 radical (unpaired) electrons. The highest BCUT2D eigenvalue weighted by Gasteiger charge is 2.25. The van der Waals surface area contributed by atoms with Crippen molar-refractivity contribution in [3.63, 3.8) is 0 Å². The third-order valence-corrected chi connectivity index (χ3v) is 3.28. The van der Waals surface area contributed by atoms with Gasteiger partial charge in [0.2, 0.25) is 0 Å². The average molecular weight is 287 g/mol. The van der Waals surface area contributed by atoms with E-state index < -0.39 is 0 Å². The van der Waals surface area contributed by atoms with Gasteiger partial charge in [0, 0.05) is 18.8 Å². The van der Waals surface area contributed by atoms with Crippen LogP contribution in [0.3, 0.4) is 0 Å². The number of ether oxygens (including phenoxy) is 1. The summed E-state index contributed by atoms with van der Waals surface area (Å²) >= 11 is 0. The number of urea groups is 1. The van der Waals surface area contributed by atoms with Crippen LogP contribution in [0.1, 0.15) is 12.5 Å². The van der Waals surface area contributed by atoms with E-state index >= 15 is 0 Å². The molecule has 0 atom stereocenters. The molecule has 0 saturated heterocycles. The number of nitrogens with one attached hydrogen (secondary N) is 1. The monoisotopic (exact) mass is 287 g/mol. The Morgan fingerprint density at radius 1 is 1.43 bits per heavy atom. The normalized spacial score (nSPS) is 13.6. The number of fused-ring (bicyclic) bond motifs is 1. The van der Waals surface area contributed by atoms with E-state index in [9.17, 15) is 9.18 Å². The van der Waals surface area contributed by atoms with Crippen LogP contribution in [0.2, 0.25) is 0 Å². The van der Waals surface area contributed by atoms with Gasteiger partial charge in [-0.15, -0.1) is 0 Å². The van der Waals surface area contributed by atoms with Gasteiger partial charge in [-0.05, 0) is 25.1 Å². The fourth-order valence-electron chi connectivity index (χ4n) is 2.19. The van der Waals surface area contributed by atoms with E-state index in [0.717, 1.165) is 5.56 Å². The summed E-state index contributed by atoms with van der Waals surface area (Å²) in [6.45, 7) is 2.89. The van der Waals surface area contributed by atoms with Gasteiger partial charge >= 0.3 is 6.03 Å². The number of halogens is 1. The Morgan fingerprint density at radius 3 is 3.05 bits per heavy atom. The fourth-order valence-corrected chi connectivity index (χ4v) is 2.19. The maximum atomic E-state index is 13.2. The smallest absolute Gasteiger partial charge is 0.323 e. The second-order valence-electron chi connectivity index (χ2n) is 4.64. The zero-order valence-electron chi connectivity index (χ0n) is 11.5. The van der Waals surface area contributed by atoms with Crippen LogP contribution in [0.5, 0.6) is 11.5 Å². The van der Waals surface area contributed by atoms with E-state index in [2.05, 4.69) is 10.3 Å². The van der Waals surface area contributed by atoms with Gasteiger partial charge < -0.3 is 9.64 Å². The standard InChI is InChI=1S/C15H14FN3O2/c1-2-19-9-12-13(6-7-17-14(12)18-15(19)20)21-11-5-3-4-10(16)8-11/h3-8H,2,9H2,1H3,(H,17,18,20). The van der Waals surface area contributed by atoms with Gasteiger partial charge in [-0.2, -0.15) is 0 Å². The maximum Gasteiger partial charge on any atom is 0.323 e. The first-order chi connectivity index (χ1) is 10.2. The molecule has 1 aliphatic heterocycles. The molecule has 5 nitrogen and oxygen atoms in total. The molecule has 1 N–H and O–H groups in total. The molecule has 2 amide bonds. The van der Waals surface area contributed by atoms with Crippen LogP contribution in [-0.4, -0.2) is 22.5 Å². The molecule has 0 aliphatic carbocycles. The zero-order chi connectivity index (χ0) is 14.8. The van der Waals surface area contributed by atoms with Crippen molar-refractivity contribution in [3.05, 3.63) is 47.9 Å². The molecule has 2 heterocycles. The molecule has 21 heavy (non-hydrogen) atoms. The number of rotatable bonds is 3. The van der Waals surface area contributed by atoms with Crippen molar-refractivity contribution >= 4 is 11.8 Å². The number of carbonyl (C=O) groups excluding carboxylic acids is 1. The van der Waals surface area contributed by atoms with Crippen molar-refractivity contribution in [1.29, 1.82) is 0 Å². The SMILES string of the molecule is CCN1Cc2c(Oc3cccc(F)c3)ccnc2NC1=O. The second kappa shape index (κ2) is 5.40. The largest absolute Gasteiger partial charge is 0.457 e. The highest BCUT2D eigenvalue weighted by atomic mass is 19.1. The van der Waals surface area contributed by atoms with Crippen LogP contribution in [0, 0.1) is 5.82 Å². The predicted molar refractivity (Wildman–Crippen MR) is 75.8 cm³/mol. The summed E-state index contributed by atoms with van der Waals surface area (Å²) in [4.78, 5) is 17.6. The molecule has 1 aromatic heterocycles. The van der Waals surface area contributed by atoms with Gasteiger partial charge in [-0.3, -0.25) is 5.32 Å². The molecule has 3 rings (SSSR count). The number of nitrogens with zero attached hydrogens (tertiary/aromatic N) is 2. The molecule has 1 aliphatic rings. The molecule has 0 spiro atoms. The van der Waals surface area contributed by atoms with E-state index in [1.54, 1.807) is 29.3 Å². The van der Waals surface area contributed by atoms with Crippen LogP contribution >= 0.6 is 0 Å². The average Bonchev–Trinajstić information content (AvgIpc) is 2.47. The van der Waals surface area contributed by atoms with Crippen molar-refractivity contribution in [2.24, 2.45) is 0 Å². The molecular formula is C15H14FN3O2. The van der Waals surface area contributed by atoms with Crippen molar-refractivity contribution in [2.75, 3.05) is 11.9 Å². The van der Waals surface area contributed by atoms with Gasteiger partial charge in [0.15, 0.2) is 0 Å². The van der Waals surface area contributed by atoms with E-state index in [4.69, 9.17) is 4.74 Å². The molecule has 0 fully saturated rings. The van der Waals surface area contributed by atoms with Gasteiger partial charge in [-0.1, -0.05) is 6.07 Å². The van der Waals surface area contributed by atoms with Gasteiger partial charge in [0.05, 0.1) is 12.1 Å². The summed E-state index contributed by atoms with van der Waals surface area (Å²) in [5, 5.41) is 2.72. The van der Waals surface area contributed by atoms with E-state index in [1.165, 1.54) is 12.1 Å². The van der Waals surface area contributed by atoms with Crippen LogP contribution in [0.15, 0.2) is 36.5 Å². The first-order valence-corrected chi connectivity index (χ1v) is 6.64. The zero-order valence-corrected chi connectivity index (χ0v) is 11.5. The number of amides is 2. The molecule has 6 heteroatoms. The van der Waals surface area contributed by atoms with Gasteiger partial charge in [0.25, 0.3) is 0 Å².